The Morgan fingerprint density at radius 2 is 2.16 bits per heavy atom. The number of nitro benzene ring substituents is 1. The maximum absolute atomic E-state index is 10.9. The average molecular weight is 269 g/mol. The predicted octanol–water partition coefficient (Wildman–Crippen LogP) is 0.800. The lowest BCUT2D eigenvalue weighted by atomic mass is 10.1. The molecule has 0 spiro atoms. The highest BCUT2D eigenvalue weighted by molar-refractivity contribution is 5.95. The van der Waals surface area contributed by atoms with Crippen molar-refractivity contribution in [2.45, 2.75) is 0 Å². The number of nitrogens with zero attached hydrogens (tertiary/aromatic N) is 1. The van der Waals surface area contributed by atoms with Crippen molar-refractivity contribution in [2.75, 3.05) is 18.5 Å². The molecule has 0 fully saturated rings. The number of carboxylic acids is 1. The lowest BCUT2D eigenvalue weighted by Crippen LogP contribution is -2.19. The Morgan fingerprint density at radius 3 is 2.68 bits per heavy atom. The normalized spacial score (nSPS) is 9.68. The van der Waals surface area contributed by atoms with E-state index in [4.69, 9.17) is 10.8 Å². The van der Waals surface area contributed by atoms with Crippen LogP contribution in [0.1, 0.15) is 10.4 Å². The summed E-state index contributed by atoms with van der Waals surface area (Å²) in [5.74, 6) is -1.40. The summed E-state index contributed by atoms with van der Waals surface area (Å²) in [5, 5.41) is 22.4. The molecule has 0 aromatic heterocycles. The fourth-order valence-corrected chi connectivity index (χ4v) is 1.39. The molecule has 0 saturated heterocycles. The van der Waals surface area contributed by atoms with E-state index in [1.807, 2.05) is 0 Å². The lowest BCUT2D eigenvalue weighted by molar-refractivity contribution is -0.384. The van der Waals surface area contributed by atoms with Gasteiger partial charge in [-0.15, -0.1) is 0 Å². The summed E-state index contributed by atoms with van der Waals surface area (Å²) in [5.41, 5.74) is 3.79. The maximum atomic E-state index is 10.9. The van der Waals surface area contributed by atoms with Gasteiger partial charge in [0.05, 0.1) is 4.92 Å². The van der Waals surface area contributed by atoms with Gasteiger partial charge in [-0.05, 0) is 12.1 Å². The van der Waals surface area contributed by atoms with E-state index in [-0.39, 0.29) is 18.8 Å². The van der Waals surface area contributed by atoms with Crippen molar-refractivity contribution in [3.05, 3.63) is 33.9 Å². The molecule has 0 aliphatic rings. The molecule has 0 aliphatic heterocycles. The third kappa shape index (κ3) is 3.84. The van der Waals surface area contributed by atoms with Gasteiger partial charge in [0.1, 0.15) is 17.9 Å². The zero-order chi connectivity index (χ0) is 14.4. The van der Waals surface area contributed by atoms with Gasteiger partial charge in [-0.25, -0.2) is 9.59 Å². The summed E-state index contributed by atoms with van der Waals surface area (Å²) in [6.07, 6.45) is -0.962. The van der Waals surface area contributed by atoms with E-state index in [1.54, 1.807) is 0 Å². The molecule has 102 valence electrons. The number of rotatable bonds is 6. The second-order valence-electron chi connectivity index (χ2n) is 3.36. The van der Waals surface area contributed by atoms with Crippen LogP contribution in [0.3, 0.4) is 0 Å². The van der Waals surface area contributed by atoms with Crippen LogP contribution in [-0.4, -0.2) is 35.2 Å². The molecule has 1 aromatic carbocycles. The minimum absolute atomic E-state index is 0.0259. The molecule has 0 radical (unpaired) electrons. The number of nitrogens with two attached hydrogens (primary N) is 1. The standard InChI is InChI=1S/C10H11N3O6/c11-10(16)19-5-4-12-7-3-1-2-6(9(14)15)8(7)13(17)18/h1-3,12H,4-5H2,(H2,11,16)(H,14,15). The van der Waals surface area contributed by atoms with Crippen LogP contribution in [0, 0.1) is 10.1 Å². The molecule has 19 heavy (non-hydrogen) atoms. The fourth-order valence-electron chi connectivity index (χ4n) is 1.39. The SMILES string of the molecule is NC(=O)OCCNc1cccc(C(=O)O)c1[N+](=O)[O-]. The number of nitro groups is 1. The lowest BCUT2D eigenvalue weighted by Gasteiger charge is -2.08. The van der Waals surface area contributed by atoms with Crippen LogP contribution in [0.2, 0.25) is 0 Å². The van der Waals surface area contributed by atoms with Gasteiger partial charge in [0.15, 0.2) is 0 Å². The monoisotopic (exact) mass is 269 g/mol. The Balaban J connectivity index is 2.88. The minimum atomic E-state index is -1.40. The van der Waals surface area contributed by atoms with Gasteiger partial charge in [0.2, 0.25) is 0 Å². The molecule has 0 unspecified atom stereocenters. The largest absolute Gasteiger partial charge is 0.477 e. The van der Waals surface area contributed by atoms with Crippen molar-refractivity contribution in [3.8, 4) is 0 Å². The van der Waals surface area contributed by atoms with Gasteiger partial charge in [-0.2, -0.15) is 0 Å². The summed E-state index contributed by atoms with van der Waals surface area (Å²) in [4.78, 5) is 31.3. The number of amides is 1. The van der Waals surface area contributed by atoms with Crippen LogP contribution in [0.5, 0.6) is 0 Å². The van der Waals surface area contributed by atoms with E-state index in [1.165, 1.54) is 12.1 Å². The predicted molar refractivity (Wildman–Crippen MR) is 64.1 cm³/mol. The van der Waals surface area contributed by atoms with Crippen LogP contribution in [-0.2, 0) is 4.74 Å². The van der Waals surface area contributed by atoms with Crippen molar-refractivity contribution in [3.63, 3.8) is 0 Å². The van der Waals surface area contributed by atoms with E-state index < -0.39 is 28.2 Å². The molecule has 9 nitrogen and oxygen atoms in total. The van der Waals surface area contributed by atoms with Gasteiger partial charge >= 0.3 is 17.7 Å². The van der Waals surface area contributed by atoms with Crippen molar-refractivity contribution >= 4 is 23.4 Å². The first-order chi connectivity index (χ1) is 8.93. The minimum Gasteiger partial charge on any atom is -0.477 e. The number of hydrogen-bond acceptors (Lipinski definition) is 6. The molecular weight excluding hydrogens is 258 g/mol. The highest BCUT2D eigenvalue weighted by Crippen LogP contribution is 2.28. The summed E-state index contributed by atoms with van der Waals surface area (Å²) in [6.45, 7) is -0.0311. The highest BCUT2D eigenvalue weighted by atomic mass is 16.6. The van der Waals surface area contributed by atoms with Gasteiger partial charge in [0, 0.05) is 6.54 Å². The Labute approximate surface area is 107 Å². The Kier molecular flexibility index (Phi) is 4.63. The molecule has 9 heteroatoms. The first-order valence-electron chi connectivity index (χ1n) is 5.10. The van der Waals surface area contributed by atoms with E-state index in [0.717, 1.165) is 6.07 Å². The highest BCUT2D eigenvalue weighted by Gasteiger charge is 2.23. The molecule has 4 N–H and O–H groups in total. The molecule has 1 aromatic rings. The topological polar surface area (TPSA) is 145 Å². The molecule has 0 atom stereocenters. The van der Waals surface area contributed by atoms with Crippen LogP contribution in [0.4, 0.5) is 16.2 Å². The second kappa shape index (κ2) is 6.19. The van der Waals surface area contributed by atoms with Crippen LogP contribution in [0.25, 0.3) is 0 Å². The number of aromatic carboxylic acids is 1. The van der Waals surface area contributed by atoms with Crippen molar-refractivity contribution < 1.29 is 24.4 Å². The zero-order valence-electron chi connectivity index (χ0n) is 9.66. The second-order valence-corrected chi connectivity index (χ2v) is 3.36. The maximum Gasteiger partial charge on any atom is 0.404 e. The van der Waals surface area contributed by atoms with Gasteiger partial charge in [-0.3, -0.25) is 10.1 Å². The fraction of sp³-hybridized carbons (Fsp3) is 0.200. The Bertz CT molecular complexity index is 516. The summed E-state index contributed by atoms with van der Waals surface area (Å²) in [7, 11) is 0. The zero-order valence-corrected chi connectivity index (χ0v) is 9.66. The first kappa shape index (κ1) is 14.2. The van der Waals surface area contributed by atoms with Crippen molar-refractivity contribution in [1.82, 2.24) is 0 Å². The number of carbonyl (C=O) groups is 2. The van der Waals surface area contributed by atoms with E-state index >= 15 is 0 Å². The van der Waals surface area contributed by atoms with Crippen LogP contribution >= 0.6 is 0 Å². The number of anilines is 1. The number of para-hydroxylation sites is 1. The van der Waals surface area contributed by atoms with Gasteiger partial charge in [0.25, 0.3) is 0 Å². The molecule has 0 aliphatic carbocycles. The summed E-state index contributed by atoms with van der Waals surface area (Å²) in [6, 6.07) is 3.86. The van der Waals surface area contributed by atoms with Crippen LogP contribution < -0.4 is 11.1 Å². The Hall–Kier alpha value is -2.84. The molecule has 1 rings (SSSR count). The third-order valence-corrected chi connectivity index (χ3v) is 2.11. The van der Waals surface area contributed by atoms with Gasteiger partial charge in [-0.1, -0.05) is 6.07 Å². The summed E-state index contributed by atoms with van der Waals surface area (Å²) < 4.78 is 4.43. The van der Waals surface area contributed by atoms with Crippen molar-refractivity contribution in [1.29, 1.82) is 0 Å². The van der Waals surface area contributed by atoms with Crippen molar-refractivity contribution in [2.24, 2.45) is 5.73 Å². The quantitative estimate of drug-likeness (QED) is 0.393. The number of nitrogens with one attached hydrogen (secondary N) is 1. The van der Waals surface area contributed by atoms with Gasteiger partial charge < -0.3 is 20.9 Å². The smallest absolute Gasteiger partial charge is 0.404 e. The third-order valence-electron chi connectivity index (χ3n) is 2.11. The number of carbonyl (C=O) groups excluding carboxylic acids is 1. The molecule has 1 amide bonds. The molecule has 0 saturated carbocycles. The first-order valence-corrected chi connectivity index (χ1v) is 5.10. The molecule has 0 heterocycles. The van der Waals surface area contributed by atoms with Crippen LogP contribution in [0.15, 0.2) is 18.2 Å². The molecule has 0 bridgehead atoms. The number of carboxylic acid groups (broad SMARTS) is 1. The average Bonchev–Trinajstić information content (AvgIpc) is 2.33. The number of primary amides is 1. The molecular formula is C10H11N3O6. The van der Waals surface area contributed by atoms with E-state index in [0.29, 0.717) is 0 Å². The number of ether oxygens (including phenoxy) is 1. The number of hydrogen-bond donors (Lipinski definition) is 3. The summed E-state index contributed by atoms with van der Waals surface area (Å²) >= 11 is 0. The van der Waals surface area contributed by atoms with E-state index in [9.17, 15) is 19.7 Å². The number of benzene rings is 1. The Morgan fingerprint density at radius 1 is 1.47 bits per heavy atom. The van der Waals surface area contributed by atoms with E-state index in [2.05, 4.69) is 10.1 Å².